The molecule has 108 valence electrons. The average molecular weight is 280 g/mol. The first-order chi connectivity index (χ1) is 10.2. The molecule has 4 saturated carbocycles. The largest absolute Gasteiger partial charge is 0.423 e. The monoisotopic (exact) mass is 280 g/mol. The zero-order chi connectivity index (χ0) is 14.0. The van der Waals surface area contributed by atoms with Crippen LogP contribution in [0.3, 0.4) is 0 Å². The molecule has 1 heterocycles. The molecule has 2 heteroatoms. The van der Waals surface area contributed by atoms with Crippen molar-refractivity contribution in [2.24, 2.45) is 17.8 Å². The third-order valence-electron chi connectivity index (χ3n) is 6.25. The normalized spacial score (nSPS) is 37.2. The molecule has 4 fully saturated rings. The molecule has 1 aromatic heterocycles. The average Bonchev–Trinajstić information content (AvgIpc) is 2.45. The Hall–Kier alpha value is -1.57. The van der Waals surface area contributed by atoms with Gasteiger partial charge >= 0.3 is 5.63 Å². The highest BCUT2D eigenvalue weighted by Gasteiger charge is 2.52. The van der Waals surface area contributed by atoms with Gasteiger partial charge in [0, 0.05) is 16.4 Å². The lowest BCUT2D eigenvalue weighted by molar-refractivity contribution is -0.00651. The first kappa shape index (κ1) is 12.0. The van der Waals surface area contributed by atoms with E-state index < -0.39 is 0 Å². The highest BCUT2D eigenvalue weighted by molar-refractivity contribution is 5.77. The van der Waals surface area contributed by atoms with Crippen LogP contribution in [0.15, 0.2) is 39.5 Å². The van der Waals surface area contributed by atoms with Gasteiger partial charge in [0.1, 0.15) is 5.58 Å². The Bertz CT molecular complexity index is 735. The zero-order valence-corrected chi connectivity index (χ0v) is 12.2. The number of hydrogen-bond donors (Lipinski definition) is 0. The summed E-state index contributed by atoms with van der Waals surface area (Å²) >= 11 is 0. The van der Waals surface area contributed by atoms with Gasteiger partial charge in [0.05, 0.1) is 0 Å². The fraction of sp³-hybridized carbons (Fsp3) is 0.526. The van der Waals surface area contributed by atoms with Crippen molar-refractivity contribution in [2.45, 2.75) is 43.9 Å². The molecule has 21 heavy (non-hydrogen) atoms. The minimum atomic E-state index is -0.0874. The number of para-hydroxylation sites is 1. The van der Waals surface area contributed by atoms with Crippen LogP contribution in [0, 0.1) is 17.8 Å². The van der Waals surface area contributed by atoms with E-state index in [9.17, 15) is 4.79 Å². The van der Waals surface area contributed by atoms with Crippen molar-refractivity contribution in [1.82, 2.24) is 0 Å². The molecule has 4 bridgehead atoms. The molecule has 0 saturated heterocycles. The van der Waals surface area contributed by atoms with Gasteiger partial charge in [-0.05, 0) is 68.4 Å². The summed E-state index contributed by atoms with van der Waals surface area (Å²) in [4.78, 5) is 12.6. The summed E-state index contributed by atoms with van der Waals surface area (Å²) in [6.45, 7) is 0. The quantitative estimate of drug-likeness (QED) is 0.731. The highest BCUT2D eigenvalue weighted by atomic mass is 16.4. The van der Waals surface area contributed by atoms with Crippen LogP contribution in [0.25, 0.3) is 11.0 Å². The molecule has 1 aromatic carbocycles. The van der Waals surface area contributed by atoms with Crippen LogP contribution >= 0.6 is 0 Å². The topological polar surface area (TPSA) is 30.2 Å². The van der Waals surface area contributed by atoms with Gasteiger partial charge in [-0.3, -0.25) is 0 Å². The molecule has 0 atom stereocenters. The molecule has 0 N–H and O–H groups in total. The fourth-order valence-corrected chi connectivity index (χ4v) is 5.87. The second-order valence-corrected chi connectivity index (χ2v) is 7.68. The van der Waals surface area contributed by atoms with Crippen molar-refractivity contribution in [3.63, 3.8) is 0 Å². The molecular weight excluding hydrogens is 260 g/mol. The predicted molar refractivity (Wildman–Crippen MR) is 82.3 cm³/mol. The standard InChI is InChI=1S/C19H20O2/c20-18-16(8-15-3-1-2-4-17(15)21-18)19-9-12-5-13(10-19)7-14(6-12)11-19/h1-4,8,12-14H,5-7,9-11H2. The maximum absolute atomic E-state index is 12.6. The van der Waals surface area contributed by atoms with Gasteiger partial charge < -0.3 is 4.42 Å². The Morgan fingerprint density at radius 3 is 2.24 bits per heavy atom. The molecule has 0 unspecified atom stereocenters. The van der Waals surface area contributed by atoms with Crippen molar-refractivity contribution in [3.05, 3.63) is 46.3 Å². The third-order valence-corrected chi connectivity index (χ3v) is 6.25. The summed E-state index contributed by atoms with van der Waals surface area (Å²) in [5, 5.41) is 1.07. The molecule has 6 rings (SSSR count). The molecule has 2 aromatic rings. The zero-order valence-electron chi connectivity index (χ0n) is 12.2. The van der Waals surface area contributed by atoms with E-state index in [1.54, 1.807) is 0 Å². The molecular formula is C19H20O2. The van der Waals surface area contributed by atoms with E-state index >= 15 is 0 Å². The molecule has 0 amide bonds. The Morgan fingerprint density at radius 1 is 0.952 bits per heavy atom. The molecule has 4 aliphatic carbocycles. The number of rotatable bonds is 1. The van der Waals surface area contributed by atoms with Gasteiger partial charge in [-0.1, -0.05) is 18.2 Å². The Balaban J connectivity index is 1.70. The fourth-order valence-electron chi connectivity index (χ4n) is 5.87. The van der Waals surface area contributed by atoms with E-state index in [1.165, 1.54) is 38.5 Å². The number of fused-ring (bicyclic) bond motifs is 1. The summed E-state index contributed by atoms with van der Waals surface area (Å²) in [7, 11) is 0. The van der Waals surface area contributed by atoms with Crippen LogP contribution in [0.4, 0.5) is 0 Å². The Morgan fingerprint density at radius 2 is 1.57 bits per heavy atom. The molecule has 2 nitrogen and oxygen atoms in total. The second kappa shape index (κ2) is 4.00. The minimum Gasteiger partial charge on any atom is -0.423 e. The molecule has 4 aliphatic rings. The van der Waals surface area contributed by atoms with Gasteiger partial charge in [0.2, 0.25) is 0 Å². The summed E-state index contributed by atoms with van der Waals surface area (Å²) in [5.74, 6) is 2.55. The smallest absolute Gasteiger partial charge is 0.340 e. The maximum atomic E-state index is 12.6. The van der Waals surface area contributed by atoms with Crippen LogP contribution in [0.2, 0.25) is 0 Å². The molecule has 0 aliphatic heterocycles. The SMILES string of the molecule is O=c1oc2ccccc2cc1C12CC3CC(CC(C3)C1)C2. The van der Waals surface area contributed by atoms with E-state index in [2.05, 4.69) is 12.1 Å². The summed E-state index contributed by atoms with van der Waals surface area (Å²) in [6, 6.07) is 10.0. The van der Waals surface area contributed by atoms with Crippen LogP contribution in [-0.2, 0) is 5.41 Å². The van der Waals surface area contributed by atoms with Gasteiger partial charge in [-0.2, -0.15) is 0 Å². The van der Waals surface area contributed by atoms with Gasteiger partial charge in [0.25, 0.3) is 0 Å². The van der Waals surface area contributed by atoms with Crippen molar-refractivity contribution >= 4 is 11.0 Å². The molecule has 0 radical (unpaired) electrons. The van der Waals surface area contributed by atoms with Crippen molar-refractivity contribution in [3.8, 4) is 0 Å². The summed E-state index contributed by atoms with van der Waals surface area (Å²) in [5.41, 5.74) is 1.73. The Labute approximate surface area is 124 Å². The summed E-state index contributed by atoms with van der Waals surface area (Å²) in [6.07, 6.45) is 7.83. The van der Waals surface area contributed by atoms with E-state index in [0.29, 0.717) is 0 Å². The second-order valence-electron chi connectivity index (χ2n) is 7.68. The van der Waals surface area contributed by atoms with Crippen LogP contribution in [0.1, 0.15) is 44.1 Å². The van der Waals surface area contributed by atoms with E-state index in [1.807, 2.05) is 18.2 Å². The predicted octanol–water partition coefficient (Wildman–Crippen LogP) is 4.26. The van der Waals surface area contributed by atoms with Crippen molar-refractivity contribution < 1.29 is 4.42 Å². The minimum absolute atomic E-state index is 0.0874. The maximum Gasteiger partial charge on any atom is 0.340 e. The van der Waals surface area contributed by atoms with Gasteiger partial charge in [0.15, 0.2) is 0 Å². The van der Waals surface area contributed by atoms with Crippen LogP contribution in [0.5, 0.6) is 0 Å². The first-order valence-electron chi connectivity index (χ1n) is 8.25. The summed E-state index contributed by atoms with van der Waals surface area (Å²) < 4.78 is 5.63. The van der Waals surface area contributed by atoms with Crippen LogP contribution in [-0.4, -0.2) is 0 Å². The lowest BCUT2D eigenvalue weighted by Gasteiger charge is -2.56. The lowest BCUT2D eigenvalue weighted by Crippen LogP contribution is -2.50. The van der Waals surface area contributed by atoms with E-state index in [-0.39, 0.29) is 11.0 Å². The Kier molecular flexibility index (Phi) is 2.29. The van der Waals surface area contributed by atoms with E-state index in [0.717, 1.165) is 34.3 Å². The first-order valence-corrected chi connectivity index (χ1v) is 8.25. The van der Waals surface area contributed by atoms with Gasteiger partial charge in [-0.25, -0.2) is 4.79 Å². The van der Waals surface area contributed by atoms with Crippen molar-refractivity contribution in [1.29, 1.82) is 0 Å². The van der Waals surface area contributed by atoms with E-state index in [4.69, 9.17) is 4.42 Å². The number of benzene rings is 1. The molecule has 0 spiro atoms. The lowest BCUT2D eigenvalue weighted by atomic mass is 9.48. The van der Waals surface area contributed by atoms with Crippen molar-refractivity contribution in [2.75, 3.05) is 0 Å². The van der Waals surface area contributed by atoms with Gasteiger partial charge in [-0.15, -0.1) is 0 Å². The van der Waals surface area contributed by atoms with Crippen LogP contribution < -0.4 is 5.63 Å². The third kappa shape index (κ3) is 1.68. The highest BCUT2D eigenvalue weighted by Crippen LogP contribution is 2.60. The number of hydrogen-bond acceptors (Lipinski definition) is 2.